The Morgan fingerprint density at radius 1 is 0.931 bits per heavy atom. The SMILES string of the molecule is CC(=O)NCc1ccc(C(=O)COC(=O)c2ccccc2Nc2ccccc2)s1. The van der Waals surface area contributed by atoms with Crippen molar-refractivity contribution < 1.29 is 19.1 Å². The number of anilines is 2. The highest BCUT2D eigenvalue weighted by molar-refractivity contribution is 7.14. The van der Waals surface area contributed by atoms with Gasteiger partial charge in [-0.05, 0) is 36.4 Å². The van der Waals surface area contributed by atoms with Gasteiger partial charge in [-0.3, -0.25) is 9.59 Å². The third-order valence-corrected chi connectivity index (χ3v) is 5.11. The number of nitrogens with one attached hydrogen (secondary N) is 2. The molecule has 2 N–H and O–H groups in total. The molecule has 0 atom stereocenters. The lowest BCUT2D eigenvalue weighted by atomic mass is 10.1. The van der Waals surface area contributed by atoms with E-state index >= 15 is 0 Å². The molecule has 0 aliphatic rings. The summed E-state index contributed by atoms with van der Waals surface area (Å²) in [6.45, 7) is 1.45. The first-order valence-corrected chi connectivity index (χ1v) is 9.79. The van der Waals surface area contributed by atoms with Gasteiger partial charge in [-0.15, -0.1) is 11.3 Å². The zero-order valence-corrected chi connectivity index (χ0v) is 16.6. The van der Waals surface area contributed by atoms with Crippen LogP contribution in [0.1, 0.15) is 31.8 Å². The predicted molar refractivity (Wildman–Crippen MR) is 113 cm³/mol. The summed E-state index contributed by atoms with van der Waals surface area (Å²) in [5.74, 6) is -0.999. The Bertz CT molecular complexity index is 1010. The normalized spacial score (nSPS) is 10.2. The van der Waals surface area contributed by atoms with Crippen molar-refractivity contribution in [2.75, 3.05) is 11.9 Å². The highest BCUT2D eigenvalue weighted by Gasteiger charge is 2.16. The Morgan fingerprint density at radius 2 is 1.66 bits per heavy atom. The zero-order valence-electron chi connectivity index (χ0n) is 15.8. The number of hydrogen-bond acceptors (Lipinski definition) is 6. The van der Waals surface area contributed by atoms with E-state index in [-0.39, 0.29) is 18.3 Å². The third kappa shape index (κ3) is 5.76. The predicted octanol–water partition coefficient (Wildman–Crippen LogP) is 4.17. The molecule has 1 heterocycles. The molecule has 3 aromatic rings. The molecule has 2 aromatic carbocycles. The first-order chi connectivity index (χ1) is 14.0. The number of ether oxygens (including phenoxy) is 1. The van der Waals surface area contributed by atoms with Gasteiger partial charge in [-0.2, -0.15) is 0 Å². The van der Waals surface area contributed by atoms with Gasteiger partial charge in [0.15, 0.2) is 6.61 Å². The Labute approximate surface area is 172 Å². The number of rotatable bonds is 8. The molecule has 0 spiro atoms. The van der Waals surface area contributed by atoms with Crippen molar-refractivity contribution >= 4 is 40.4 Å². The maximum atomic E-state index is 12.5. The van der Waals surface area contributed by atoms with Crippen molar-refractivity contribution in [1.82, 2.24) is 5.32 Å². The number of Topliss-reactive ketones (excluding diaryl/α,β-unsaturated/α-hetero) is 1. The standard InChI is InChI=1S/C22H20N2O4S/c1-15(25)23-13-17-11-12-21(29-17)20(26)14-28-22(27)18-9-5-6-10-19(18)24-16-7-3-2-4-8-16/h2-12,24H,13-14H2,1H3,(H,23,25). The quantitative estimate of drug-likeness (QED) is 0.432. The molecule has 0 aliphatic heterocycles. The molecule has 0 aliphatic carbocycles. The summed E-state index contributed by atoms with van der Waals surface area (Å²) in [6.07, 6.45) is 0. The highest BCUT2D eigenvalue weighted by Crippen LogP contribution is 2.22. The summed E-state index contributed by atoms with van der Waals surface area (Å²) in [5.41, 5.74) is 1.79. The number of amides is 1. The van der Waals surface area contributed by atoms with Gasteiger partial charge >= 0.3 is 5.97 Å². The summed E-state index contributed by atoms with van der Waals surface area (Å²) >= 11 is 1.27. The number of hydrogen-bond donors (Lipinski definition) is 2. The van der Waals surface area contributed by atoms with Crippen LogP contribution in [0.25, 0.3) is 0 Å². The molecule has 1 aromatic heterocycles. The van der Waals surface area contributed by atoms with Crippen LogP contribution in [-0.4, -0.2) is 24.3 Å². The van der Waals surface area contributed by atoms with Crippen LogP contribution in [0.4, 0.5) is 11.4 Å². The van der Waals surface area contributed by atoms with Crippen LogP contribution in [0.5, 0.6) is 0 Å². The minimum Gasteiger partial charge on any atom is -0.454 e. The van der Waals surface area contributed by atoms with E-state index in [2.05, 4.69) is 10.6 Å². The number of benzene rings is 2. The lowest BCUT2D eigenvalue weighted by Gasteiger charge is -2.11. The van der Waals surface area contributed by atoms with Gasteiger partial charge in [-0.25, -0.2) is 4.79 Å². The number of carbonyl (C=O) groups is 3. The number of para-hydroxylation sites is 2. The van der Waals surface area contributed by atoms with E-state index in [4.69, 9.17) is 4.74 Å². The Kier molecular flexibility index (Phi) is 6.76. The van der Waals surface area contributed by atoms with Gasteiger partial charge in [0.1, 0.15) is 0 Å². The summed E-state index contributed by atoms with van der Waals surface area (Å²) in [7, 11) is 0. The minimum absolute atomic E-state index is 0.136. The van der Waals surface area contributed by atoms with Gasteiger partial charge < -0.3 is 15.4 Å². The van der Waals surface area contributed by atoms with Crippen LogP contribution in [0, 0.1) is 0 Å². The first kappa shape index (κ1) is 20.3. The topological polar surface area (TPSA) is 84.5 Å². The molecule has 1 amide bonds. The molecule has 0 bridgehead atoms. The number of thiophene rings is 1. The summed E-state index contributed by atoms with van der Waals surface area (Å²) in [4.78, 5) is 37.2. The van der Waals surface area contributed by atoms with Gasteiger partial charge in [0, 0.05) is 17.5 Å². The molecule has 0 radical (unpaired) electrons. The molecular formula is C22H20N2O4S. The Morgan fingerprint density at radius 3 is 2.41 bits per heavy atom. The lowest BCUT2D eigenvalue weighted by Crippen LogP contribution is -2.18. The maximum Gasteiger partial charge on any atom is 0.340 e. The van der Waals surface area contributed by atoms with E-state index in [1.54, 1.807) is 30.3 Å². The molecule has 0 saturated carbocycles. The second-order valence-corrected chi connectivity index (χ2v) is 7.38. The van der Waals surface area contributed by atoms with E-state index in [9.17, 15) is 14.4 Å². The number of esters is 1. The van der Waals surface area contributed by atoms with Gasteiger partial charge in [-0.1, -0.05) is 30.3 Å². The van der Waals surface area contributed by atoms with Gasteiger partial charge in [0.2, 0.25) is 11.7 Å². The molecule has 29 heavy (non-hydrogen) atoms. The molecule has 0 fully saturated rings. The van der Waals surface area contributed by atoms with Crippen LogP contribution in [-0.2, 0) is 16.1 Å². The molecule has 3 rings (SSSR count). The highest BCUT2D eigenvalue weighted by atomic mass is 32.1. The summed E-state index contributed by atoms with van der Waals surface area (Å²) < 4.78 is 5.24. The average molecular weight is 408 g/mol. The van der Waals surface area contributed by atoms with E-state index in [0.717, 1.165) is 10.6 Å². The Hall–Kier alpha value is -3.45. The average Bonchev–Trinajstić information content (AvgIpc) is 3.21. The van der Waals surface area contributed by atoms with Gasteiger partial charge in [0.25, 0.3) is 0 Å². The van der Waals surface area contributed by atoms with E-state index < -0.39 is 5.97 Å². The zero-order chi connectivity index (χ0) is 20.6. The molecule has 0 unspecified atom stereocenters. The van der Waals surface area contributed by atoms with Gasteiger partial charge in [0.05, 0.1) is 22.7 Å². The fraction of sp³-hybridized carbons (Fsp3) is 0.136. The van der Waals surface area contributed by atoms with Crippen LogP contribution in [0.3, 0.4) is 0 Å². The second kappa shape index (κ2) is 9.66. The van der Waals surface area contributed by atoms with Crippen LogP contribution >= 0.6 is 11.3 Å². The van der Waals surface area contributed by atoms with E-state index in [1.165, 1.54) is 18.3 Å². The van der Waals surface area contributed by atoms with Crippen molar-refractivity contribution in [1.29, 1.82) is 0 Å². The molecule has 148 valence electrons. The largest absolute Gasteiger partial charge is 0.454 e. The summed E-state index contributed by atoms with van der Waals surface area (Å²) in [5, 5.41) is 5.86. The van der Waals surface area contributed by atoms with Crippen molar-refractivity contribution in [2.45, 2.75) is 13.5 Å². The molecular weight excluding hydrogens is 388 g/mol. The van der Waals surface area contributed by atoms with Crippen molar-refractivity contribution in [3.05, 3.63) is 82.0 Å². The van der Waals surface area contributed by atoms with E-state index in [0.29, 0.717) is 22.7 Å². The van der Waals surface area contributed by atoms with Crippen molar-refractivity contribution in [3.63, 3.8) is 0 Å². The molecule has 7 heteroatoms. The van der Waals surface area contributed by atoms with Crippen molar-refractivity contribution in [2.24, 2.45) is 0 Å². The fourth-order valence-corrected chi connectivity index (χ4v) is 3.43. The number of carbonyl (C=O) groups excluding carboxylic acids is 3. The lowest BCUT2D eigenvalue weighted by molar-refractivity contribution is -0.119. The van der Waals surface area contributed by atoms with Crippen LogP contribution in [0.15, 0.2) is 66.7 Å². The number of ketones is 1. The summed E-state index contributed by atoms with van der Waals surface area (Å²) in [6, 6.07) is 19.9. The van der Waals surface area contributed by atoms with Crippen LogP contribution < -0.4 is 10.6 Å². The molecule has 6 nitrogen and oxygen atoms in total. The first-order valence-electron chi connectivity index (χ1n) is 8.97. The maximum absolute atomic E-state index is 12.5. The molecule has 0 saturated heterocycles. The smallest absolute Gasteiger partial charge is 0.340 e. The monoisotopic (exact) mass is 408 g/mol. The van der Waals surface area contributed by atoms with Crippen molar-refractivity contribution in [3.8, 4) is 0 Å². The van der Waals surface area contributed by atoms with Crippen LogP contribution in [0.2, 0.25) is 0 Å². The fourth-order valence-electron chi connectivity index (χ4n) is 2.56. The Balaban J connectivity index is 1.61. The minimum atomic E-state index is -0.576. The van der Waals surface area contributed by atoms with E-state index in [1.807, 2.05) is 36.4 Å². The third-order valence-electron chi connectivity index (χ3n) is 3.98. The second-order valence-electron chi connectivity index (χ2n) is 6.21.